The molecule has 4 heteroatoms. The first-order valence-corrected chi connectivity index (χ1v) is 7.83. The quantitative estimate of drug-likeness (QED) is 0.849. The molecular weight excluding hydrogens is 288 g/mol. The van der Waals surface area contributed by atoms with Crippen LogP contribution in [0.5, 0.6) is 0 Å². The van der Waals surface area contributed by atoms with E-state index in [1.165, 1.54) is 0 Å². The van der Waals surface area contributed by atoms with Gasteiger partial charge in [0.1, 0.15) is 6.10 Å². The Bertz CT molecular complexity index is 585. The summed E-state index contributed by atoms with van der Waals surface area (Å²) in [5.41, 5.74) is 2.07. The second-order valence-electron chi connectivity index (χ2n) is 5.74. The number of ether oxygens (including phenoxy) is 1. The van der Waals surface area contributed by atoms with Crippen LogP contribution in [0.15, 0.2) is 60.7 Å². The van der Waals surface area contributed by atoms with Gasteiger partial charge < -0.3 is 15.0 Å². The lowest BCUT2D eigenvalue weighted by Crippen LogP contribution is -2.27. The fourth-order valence-corrected chi connectivity index (χ4v) is 2.28. The van der Waals surface area contributed by atoms with Crippen molar-refractivity contribution in [1.82, 2.24) is 10.2 Å². The van der Waals surface area contributed by atoms with E-state index in [2.05, 4.69) is 10.2 Å². The summed E-state index contributed by atoms with van der Waals surface area (Å²) in [4.78, 5) is 14.2. The average molecular weight is 312 g/mol. The first-order valence-electron chi connectivity index (χ1n) is 7.83. The molecule has 0 aliphatic heterocycles. The fraction of sp³-hybridized carbons (Fsp3) is 0.316. The molecule has 122 valence electrons. The lowest BCUT2D eigenvalue weighted by atomic mass is 10.1. The molecule has 0 saturated carbocycles. The molecule has 1 atom stereocenters. The number of amides is 1. The predicted octanol–water partition coefficient (Wildman–Crippen LogP) is 3.61. The van der Waals surface area contributed by atoms with Gasteiger partial charge in [0.15, 0.2) is 0 Å². The van der Waals surface area contributed by atoms with Crippen LogP contribution in [0.25, 0.3) is 0 Å². The molecule has 1 amide bonds. The molecule has 2 aromatic rings. The van der Waals surface area contributed by atoms with Gasteiger partial charge in [-0.2, -0.15) is 0 Å². The standard InChI is InChI=1S/C19H24N2O2/c1-21(2)14-13-18(17-11-7-4-8-12-17)23-19(22)20-15-16-9-5-3-6-10-16/h3-12,18H,13-15H2,1-2H3,(H,20,22). The molecule has 2 aromatic carbocycles. The normalized spacial score (nSPS) is 12.0. The smallest absolute Gasteiger partial charge is 0.408 e. The van der Waals surface area contributed by atoms with Gasteiger partial charge >= 0.3 is 6.09 Å². The summed E-state index contributed by atoms with van der Waals surface area (Å²) < 4.78 is 5.63. The van der Waals surface area contributed by atoms with Crippen molar-refractivity contribution in [1.29, 1.82) is 0 Å². The van der Waals surface area contributed by atoms with E-state index in [0.717, 1.165) is 24.1 Å². The molecule has 0 spiro atoms. The largest absolute Gasteiger partial charge is 0.441 e. The van der Waals surface area contributed by atoms with E-state index in [1.54, 1.807) is 0 Å². The Morgan fingerprint density at radius 1 is 1.04 bits per heavy atom. The van der Waals surface area contributed by atoms with Crippen molar-refractivity contribution in [2.45, 2.75) is 19.1 Å². The number of carbonyl (C=O) groups excluding carboxylic acids is 1. The third-order valence-corrected chi connectivity index (χ3v) is 3.54. The van der Waals surface area contributed by atoms with E-state index < -0.39 is 0 Å². The Hall–Kier alpha value is -2.33. The van der Waals surface area contributed by atoms with Gasteiger partial charge in [0.05, 0.1) is 0 Å². The number of nitrogens with one attached hydrogen (secondary N) is 1. The second kappa shape index (κ2) is 8.96. The van der Waals surface area contributed by atoms with Crippen molar-refractivity contribution in [2.75, 3.05) is 20.6 Å². The molecule has 0 aromatic heterocycles. The third-order valence-electron chi connectivity index (χ3n) is 3.54. The Balaban J connectivity index is 1.92. The minimum atomic E-state index is -0.388. The van der Waals surface area contributed by atoms with Crippen molar-refractivity contribution < 1.29 is 9.53 Å². The molecule has 23 heavy (non-hydrogen) atoms. The summed E-state index contributed by atoms with van der Waals surface area (Å²) >= 11 is 0. The zero-order valence-electron chi connectivity index (χ0n) is 13.7. The molecule has 0 heterocycles. The van der Waals surface area contributed by atoms with E-state index in [1.807, 2.05) is 74.8 Å². The van der Waals surface area contributed by atoms with Crippen LogP contribution in [0, 0.1) is 0 Å². The molecule has 1 unspecified atom stereocenters. The maximum Gasteiger partial charge on any atom is 0.408 e. The monoisotopic (exact) mass is 312 g/mol. The van der Waals surface area contributed by atoms with Crippen LogP contribution in [0.4, 0.5) is 4.79 Å². The highest BCUT2D eigenvalue weighted by Gasteiger charge is 2.16. The SMILES string of the molecule is CN(C)CCC(OC(=O)NCc1ccccc1)c1ccccc1. The van der Waals surface area contributed by atoms with Crippen molar-refractivity contribution >= 4 is 6.09 Å². The van der Waals surface area contributed by atoms with Crippen LogP contribution in [-0.2, 0) is 11.3 Å². The summed E-state index contributed by atoms with van der Waals surface area (Å²) in [6.07, 6.45) is 0.131. The van der Waals surface area contributed by atoms with Crippen molar-refractivity contribution in [3.05, 3.63) is 71.8 Å². The third kappa shape index (κ3) is 6.12. The van der Waals surface area contributed by atoms with Gasteiger partial charge in [0.25, 0.3) is 0 Å². The summed E-state index contributed by atoms with van der Waals surface area (Å²) in [6.45, 7) is 1.32. The lowest BCUT2D eigenvalue weighted by Gasteiger charge is -2.20. The summed E-state index contributed by atoms with van der Waals surface area (Å²) in [7, 11) is 4.02. The molecule has 0 radical (unpaired) electrons. The van der Waals surface area contributed by atoms with E-state index in [0.29, 0.717) is 6.54 Å². The molecule has 0 bridgehead atoms. The number of hydrogen-bond donors (Lipinski definition) is 1. The Kier molecular flexibility index (Phi) is 6.63. The first kappa shape index (κ1) is 17.0. The lowest BCUT2D eigenvalue weighted by molar-refractivity contribution is 0.0873. The topological polar surface area (TPSA) is 41.6 Å². The predicted molar refractivity (Wildman–Crippen MR) is 92.1 cm³/mol. The minimum Gasteiger partial charge on any atom is -0.441 e. The van der Waals surface area contributed by atoms with Crippen molar-refractivity contribution in [3.8, 4) is 0 Å². The van der Waals surface area contributed by atoms with Gasteiger partial charge in [-0.05, 0) is 25.2 Å². The van der Waals surface area contributed by atoms with Crippen LogP contribution in [0.1, 0.15) is 23.7 Å². The summed E-state index contributed by atoms with van der Waals surface area (Å²) in [5, 5.41) is 2.81. The van der Waals surface area contributed by atoms with Crippen LogP contribution in [0.2, 0.25) is 0 Å². The molecular formula is C19H24N2O2. The van der Waals surface area contributed by atoms with E-state index in [4.69, 9.17) is 4.74 Å². The summed E-state index contributed by atoms with van der Waals surface area (Å²) in [5.74, 6) is 0. The average Bonchev–Trinajstić information content (AvgIpc) is 2.58. The number of alkyl carbamates (subject to hydrolysis) is 1. The fourth-order valence-electron chi connectivity index (χ4n) is 2.28. The van der Waals surface area contributed by atoms with Gasteiger partial charge in [-0.15, -0.1) is 0 Å². The number of nitrogens with zero attached hydrogens (tertiary/aromatic N) is 1. The summed E-state index contributed by atoms with van der Waals surface area (Å²) in [6, 6.07) is 19.7. The van der Waals surface area contributed by atoms with Gasteiger partial charge in [0, 0.05) is 19.5 Å². The molecule has 1 N–H and O–H groups in total. The second-order valence-corrected chi connectivity index (χ2v) is 5.74. The van der Waals surface area contributed by atoms with E-state index >= 15 is 0 Å². The Labute approximate surface area is 138 Å². The van der Waals surface area contributed by atoms with Gasteiger partial charge in [0.2, 0.25) is 0 Å². The Morgan fingerprint density at radius 3 is 2.26 bits per heavy atom. The first-order chi connectivity index (χ1) is 11.1. The van der Waals surface area contributed by atoms with E-state index in [9.17, 15) is 4.79 Å². The maximum absolute atomic E-state index is 12.1. The van der Waals surface area contributed by atoms with Crippen molar-refractivity contribution in [2.24, 2.45) is 0 Å². The number of carbonyl (C=O) groups is 1. The highest BCUT2D eigenvalue weighted by Crippen LogP contribution is 2.21. The van der Waals surface area contributed by atoms with Gasteiger partial charge in [-0.1, -0.05) is 60.7 Å². The molecule has 0 aliphatic carbocycles. The molecule has 0 saturated heterocycles. The maximum atomic E-state index is 12.1. The van der Waals surface area contributed by atoms with Crippen molar-refractivity contribution in [3.63, 3.8) is 0 Å². The zero-order valence-corrected chi connectivity index (χ0v) is 13.7. The Morgan fingerprint density at radius 2 is 1.65 bits per heavy atom. The number of benzene rings is 2. The van der Waals surface area contributed by atoms with Gasteiger partial charge in [-0.25, -0.2) is 4.79 Å². The van der Waals surface area contributed by atoms with E-state index in [-0.39, 0.29) is 12.2 Å². The molecule has 4 nitrogen and oxygen atoms in total. The highest BCUT2D eigenvalue weighted by molar-refractivity contribution is 5.67. The number of rotatable bonds is 7. The number of hydrogen-bond acceptors (Lipinski definition) is 3. The van der Waals surface area contributed by atoms with Gasteiger partial charge in [-0.3, -0.25) is 0 Å². The molecule has 0 aliphatic rings. The zero-order chi connectivity index (χ0) is 16.5. The highest BCUT2D eigenvalue weighted by atomic mass is 16.6. The minimum absolute atomic E-state index is 0.241. The van der Waals surface area contributed by atoms with Crippen LogP contribution < -0.4 is 5.32 Å². The van der Waals surface area contributed by atoms with Crippen LogP contribution in [-0.4, -0.2) is 31.6 Å². The molecule has 2 rings (SSSR count). The van der Waals surface area contributed by atoms with Crippen LogP contribution in [0.3, 0.4) is 0 Å². The van der Waals surface area contributed by atoms with Crippen LogP contribution >= 0.6 is 0 Å². The molecule has 0 fully saturated rings.